The van der Waals surface area contributed by atoms with Gasteiger partial charge in [0, 0.05) is 16.0 Å². The van der Waals surface area contributed by atoms with Gasteiger partial charge in [-0.1, -0.05) is 51.8 Å². The van der Waals surface area contributed by atoms with Crippen molar-refractivity contribution in [2.24, 2.45) is 0 Å². The van der Waals surface area contributed by atoms with Crippen LogP contribution in [-0.2, 0) is 21.5 Å². The first-order valence-corrected chi connectivity index (χ1v) is 9.88. The number of halogens is 2. The van der Waals surface area contributed by atoms with E-state index in [1.54, 1.807) is 37.3 Å². The largest absolute Gasteiger partial charge is 0.354 e. The second kappa shape index (κ2) is 8.32. The number of urea groups is 1. The molecular formula is C20H19BrClN3O3. The molecule has 2 N–H and O–H groups in total. The second-order valence-corrected chi connectivity index (χ2v) is 8.04. The van der Waals surface area contributed by atoms with Crippen LogP contribution in [0.15, 0.2) is 53.0 Å². The van der Waals surface area contributed by atoms with Crippen LogP contribution in [0, 0.1) is 0 Å². The summed E-state index contributed by atoms with van der Waals surface area (Å²) in [6.45, 7) is 1.70. The van der Waals surface area contributed by atoms with Crippen LogP contribution in [0.5, 0.6) is 0 Å². The highest BCUT2D eigenvalue weighted by Crippen LogP contribution is 2.30. The molecule has 8 heteroatoms. The summed E-state index contributed by atoms with van der Waals surface area (Å²) in [7, 11) is 0. The maximum atomic E-state index is 12.8. The number of nitrogens with one attached hydrogen (secondary N) is 2. The van der Waals surface area contributed by atoms with Crippen LogP contribution in [0.2, 0.25) is 5.02 Å². The lowest BCUT2D eigenvalue weighted by Crippen LogP contribution is -2.43. The van der Waals surface area contributed by atoms with Gasteiger partial charge in [0.25, 0.3) is 5.91 Å². The fourth-order valence-electron chi connectivity index (χ4n) is 3.03. The summed E-state index contributed by atoms with van der Waals surface area (Å²) in [5, 5.41) is 6.08. The molecule has 146 valence electrons. The van der Waals surface area contributed by atoms with E-state index in [1.807, 2.05) is 18.2 Å². The van der Waals surface area contributed by atoms with E-state index in [0.29, 0.717) is 23.6 Å². The molecule has 2 aromatic rings. The SMILES string of the molecule is C[C@]1(c2cccc(Br)c2)NC(=O)N(CC(=O)NCCc2ccc(Cl)cc2)C1=O. The van der Waals surface area contributed by atoms with E-state index in [2.05, 4.69) is 26.6 Å². The minimum absolute atomic E-state index is 0.325. The van der Waals surface area contributed by atoms with Gasteiger partial charge in [0.15, 0.2) is 0 Å². The summed E-state index contributed by atoms with van der Waals surface area (Å²) in [4.78, 5) is 38.3. The summed E-state index contributed by atoms with van der Waals surface area (Å²) in [6, 6.07) is 13.9. The van der Waals surface area contributed by atoms with Gasteiger partial charge in [-0.2, -0.15) is 0 Å². The van der Waals surface area contributed by atoms with Crippen LogP contribution in [0.25, 0.3) is 0 Å². The molecule has 1 heterocycles. The molecule has 0 aliphatic carbocycles. The Morgan fingerprint density at radius 3 is 2.61 bits per heavy atom. The van der Waals surface area contributed by atoms with E-state index in [0.717, 1.165) is 14.9 Å². The predicted molar refractivity (Wildman–Crippen MR) is 110 cm³/mol. The molecule has 4 amide bonds. The van der Waals surface area contributed by atoms with E-state index in [-0.39, 0.29) is 6.54 Å². The molecule has 1 atom stereocenters. The summed E-state index contributed by atoms with van der Waals surface area (Å²) < 4.78 is 0.798. The minimum atomic E-state index is -1.20. The van der Waals surface area contributed by atoms with Crippen LogP contribution in [0.3, 0.4) is 0 Å². The lowest BCUT2D eigenvalue weighted by molar-refractivity contribution is -0.134. The molecule has 28 heavy (non-hydrogen) atoms. The molecule has 0 aromatic heterocycles. The third kappa shape index (κ3) is 4.36. The molecule has 1 saturated heterocycles. The first kappa shape index (κ1) is 20.4. The fraction of sp³-hybridized carbons (Fsp3) is 0.250. The molecule has 0 radical (unpaired) electrons. The topological polar surface area (TPSA) is 78.5 Å². The van der Waals surface area contributed by atoms with Crippen molar-refractivity contribution in [3.05, 3.63) is 69.2 Å². The van der Waals surface area contributed by atoms with Crippen molar-refractivity contribution in [3.8, 4) is 0 Å². The van der Waals surface area contributed by atoms with Crippen LogP contribution < -0.4 is 10.6 Å². The number of nitrogens with zero attached hydrogens (tertiary/aromatic N) is 1. The van der Waals surface area contributed by atoms with Crippen LogP contribution >= 0.6 is 27.5 Å². The maximum Gasteiger partial charge on any atom is 0.325 e. The van der Waals surface area contributed by atoms with Crippen molar-refractivity contribution in [3.63, 3.8) is 0 Å². The van der Waals surface area contributed by atoms with E-state index in [9.17, 15) is 14.4 Å². The first-order chi connectivity index (χ1) is 13.3. The Morgan fingerprint density at radius 2 is 1.93 bits per heavy atom. The van der Waals surface area contributed by atoms with Gasteiger partial charge in [-0.15, -0.1) is 0 Å². The first-order valence-electron chi connectivity index (χ1n) is 8.71. The average Bonchev–Trinajstić information content (AvgIpc) is 2.87. The van der Waals surface area contributed by atoms with Crippen molar-refractivity contribution in [2.75, 3.05) is 13.1 Å². The van der Waals surface area contributed by atoms with E-state index < -0.39 is 23.4 Å². The lowest BCUT2D eigenvalue weighted by Gasteiger charge is -2.22. The Morgan fingerprint density at radius 1 is 1.21 bits per heavy atom. The summed E-state index contributed by atoms with van der Waals surface area (Å²) in [5.74, 6) is -0.848. The Bertz CT molecular complexity index is 919. The van der Waals surface area contributed by atoms with Crippen molar-refractivity contribution in [1.82, 2.24) is 15.5 Å². The summed E-state index contributed by atoms with van der Waals surface area (Å²) in [6.07, 6.45) is 0.624. The number of carbonyl (C=O) groups excluding carboxylic acids is 3. The molecule has 0 unspecified atom stereocenters. The molecule has 2 aromatic carbocycles. The monoisotopic (exact) mass is 463 g/mol. The standard InChI is InChI=1S/C20H19BrClN3O3/c1-20(14-3-2-4-15(21)11-14)18(27)25(19(28)24-20)12-17(26)23-10-9-13-5-7-16(22)8-6-13/h2-8,11H,9-10,12H2,1H3,(H,23,26)(H,24,28)/t20-/m1/s1. The van der Waals surface area contributed by atoms with Gasteiger partial charge in [0.1, 0.15) is 12.1 Å². The van der Waals surface area contributed by atoms with Crippen LogP contribution in [0.4, 0.5) is 4.79 Å². The van der Waals surface area contributed by atoms with Crippen molar-refractivity contribution in [1.29, 1.82) is 0 Å². The third-order valence-electron chi connectivity index (χ3n) is 4.63. The van der Waals surface area contributed by atoms with Crippen molar-refractivity contribution in [2.45, 2.75) is 18.9 Å². The van der Waals surface area contributed by atoms with Crippen LogP contribution in [-0.4, -0.2) is 35.8 Å². The molecule has 1 aliphatic heterocycles. The molecule has 3 rings (SSSR count). The second-order valence-electron chi connectivity index (χ2n) is 6.68. The number of carbonyl (C=O) groups is 3. The number of rotatable bonds is 6. The average molecular weight is 465 g/mol. The van der Waals surface area contributed by atoms with Crippen molar-refractivity contribution >= 4 is 45.4 Å². The number of imide groups is 1. The number of amides is 4. The summed E-state index contributed by atoms with van der Waals surface area (Å²) in [5.41, 5.74) is 0.470. The van der Waals surface area contributed by atoms with E-state index in [1.165, 1.54) is 0 Å². The summed E-state index contributed by atoms with van der Waals surface area (Å²) >= 11 is 9.21. The molecule has 0 spiro atoms. The smallest absolute Gasteiger partial charge is 0.325 e. The Kier molecular flexibility index (Phi) is 6.05. The van der Waals surface area contributed by atoms with Gasteiger partial charge in [-0.25, -0.2) is 4.79 Å². The predicted octanol–water partition coefficient (Wildman–Crippen LogP) is 3.23. The van der Waals surface area contributed by atoms with Gasteiger partial charge in [0.2, 0.25) is 5.91 Å². The number of hydrogen-bond acceptors (Lipinski definition) is 3. The minimum Gasteiger partial charge on any atom is -0.354 e. The highest BCUT2D eigenvalue weighted by Gasteiger charge is 2.49. The van der Waals surface area contributed by atoms with E-state index >= 15 is 0 Å². The van der Waals surface area contributed by atoms with Gasteiger partial charge >= 0.3 is 6.03 Å². The molecule has 0 bridgehead atoms. The zero-order valence-corrected chi connectivity index (χ0v) is 17.5. The van der Waals surface area contributed by atoms with E-state index in [4.69, 9.17) is 11.6 Å². The molecule has 6 nitrogen and oxygen atoms in total. The quantitative estimate of drug-likeness (QED) is 0.644. The van der Waals surface area contributed by atoms with Crippen molar-refractivity contribution < 1.29 is 14.4 Å². The molecular weight excluding hydrogens is 446 g/mol. The highest BCUT2D eigenvalue weighted by atomic mass is 79.9. The maximum absolute atomic E-state index is 12.8. The zero-order valence-electron chi connectivity index (χ0n) is 15.2. The van der Waals surface area contributed by atoms with Gasteiger partial charge in [-0.3, -0.25) is 14.5 Å². The lowest BCUT2D eigenvalue weighted by atomic mass is 9.92. The Balaban J connectivity index is 1.59. The molecule has 1 aliphatic rings. The third-order valence-corrected chi connectivity index (χ3v) is 5.37. The normalized spacial score (nSPS) is 18.9. The Hall–Kier alpha value is -2.38. The number of benzene rings is 2. The highest BCUT2D eigenvalue weighted by molar-refractivity contribution is 9.10. The van der Waals surface area contributed by atoms with Crippen LogP contribution in [0.1, 0.15) is 18.1 Å². The van der Waals surface area contributed by atoms with Gasteiger partial charge < -0.3 is 10.6 Å². The van der Waals surface area contributed by atoms with Gasteiger partial charge in [0.05, 0.1) is 0 Å². The van der Waals surface area contributed by atoms with Gasteiger partial charge in [-0.05, 0) is 48.7 Å². The molecule has 0 saturated carbocycles. The molecule has 1 fully saturated rings. The Labute approximate surface area is 176 Å². The fourth-order valence-corrected chi connectivity index (χ4v) is 3.56. The number of hydrogen-bond donors (Lipinski definition) is 2. The zero-order chi connectivity index (χ0) is 20.3.